The van der Waals surface area contributed by atoms with E-state index in [2.05, 4.69) is 27.6 Å². The number of pyridine rings is 1. The molecular weight excluding hydrogens is 304 g/mol. The van der Waals surface area contributed by atoms with Gasteiger partial charge in [0.2, 0.25) is 5.91 Å². The van der Waals surface area contributed by atoms with Crippen molar-refractivity contribution in [1.29, 1.82) is 0 Å². The van der Waals surface area contributed by atoms with Crippen molar-refractivity contribution in [3.8, 4) is 0 Å². The lowest BCUT2D eigenvalue weighted by atomic mass is 9.83. The van der Waals surface area contributed by atoms with Crippen molar-refractivity contribution < 1.29 is 9.53 Å². The van der Waals surface area contributed by atoms with Crippen LogP contribution in [0, 0.1) is 0 Å². The van der Waals surface area contributed by atoms with Gasteiger partial charge in [-0.25, -0.2) is 0 Å². The molecule has 0 aliphatic carbocycles. The molecule has 1 aromatic rings. The molecule has 3 heterocycles. The van der Waals surface area contributed by atoms with Crippen LogP contribution >= 0.6 is 0 Å². The lowest BCUT2D eigenvalue weighted by Crippen LogP contribution is -2.57. The number of amides is 1. The molecule has 0 saturated carbocycles. The van der Waals surface area contributed by atoms with Gasteiger partial charge in [-0.2, -0.15) is 0 Å². The number of aromatic nitrogens is 1. The molecular formula is C18H28N4O2. The molecule has 132 valence electrons. The Kier molecular flexibility index (Phi) is 5.81. The van der Waals surface area contributed by atoms with E-state index < -0.39 is 0 Å². The summed E-state index contributed by atoms with van der Waals surface area (Å²) in [7, 11) is 2.13. The van der Waals surface area contributed by atoms with Crippen LogP contribution in [0.2, 0.25) is 0 Å². The summed E-state index contributed by atoms with van der Waals surface area (Å²) in [5.74, 6) is 0.0872. The monoisotopic (exact) mass is 332 g/mol. The molecule has 2 fully saturated rings. The molecule has 0 radical (unpaired) electrons. The zero-order chi connectivity index (χ0) is 16.8. The Labute approximate surface area is 144 Å². The molecule has 2 N–H and O–H groups in total. The molecule has 24 heavy (non-hydrogen) atoms. The van der Waals surface area contributed by atoms with Gasteiger partial charge in [-0.1, -0.05) is 6.07 Å². The first-order valence-electron chi connectivity index (χ1n) is 8.87. The van der Waals surface area contributed by atoms with E-state index in [9.17, 15) is 4.79 Å². The van der Waals surface area contributed by atoms with Crippen molar-refractivity contribution in [2.75, 3.05) is 39.8 Å². The van der Waals surface area contributed by atoms with E-state index >= 15 is 0 Å². The second kappa shape index (κ2) is 8.05. The highest BCUT2D eigenvalue weighted by atomic mass is 16.5. The van der Waals surface area contributed by atoms with Gasteiger partial charge in [0.1, 0.15) is 0 Å². The molecule has 2 aliphatic heterocycles. The smallest absolute Gasteiger partial charge is 0.223 e. The van der Waals surface area contributed by atoms with Gasteiger partial charge in [-0.15, -0.1) is 0 Å². The van der Waals surface area contributed by atoms with Crippen molar-refractivity contribution in [2.45, 2.75) is 37.3 Å². The summed E-state index contributed by atoms with van der Waals surface area (Å²) < 4.78 is 5.66. The first-order chi connectivity index (χ1) is 11.7. The van der Waals surface area contributed by atoms with E-state index in [0.717, 1.165) is 51.1 Å². The molecule has 6 nitrogen and oxygen atoms in total. The van der Waals surface area contributed by atoms with Crippen LogP contribution in [-0.4, -0.2) is 67.3 Å². The summed E-state index contributed by atoms with van der Waals surface area (Å²) in [5, 5.41) is 6.61. The van der Waals surface area contributed by atoms with Crippen molar-refractivity contribution in [3.05, 3.63) is 30.1 Å². The van der Waals surface area contributed by atoms with Crippen molar-refractivity contribution in [3.63, 3.8) is 0 Å². The zero-order valence-electron chi connectivity index (χ0n) is 14.5. The SMILES string of the molecule is CN1CCC(Cc2ccccn2)(NC(=O)CC2CNCCO2)CC1. The highest BCUT2D eigenvalue weighted by Gasteiger charge is 2.36. The van der Waals surface area contributed by atoms with E-state index in [-0.39, 0.29) is 17.6 Å². The molecule has 2 aliphatic rings. The minimum Gasteiger partial charge on any atom is -0.375 e. The molecule has 6 heteroatoms. The van der Waals surface area contributed by atoms with Gasteiger partial charge in [-0.05, 0) is 32.0 Å². The predicted octanol–water partition coefficient (Wildman–Crippen LogP) is 0.583. The Morgan fingerprint density at radius 3 is 2.96 bits per heavy atom. The number of nitrogens with zero attached hydrogens (tertiary/aromatic N) is 2. The van der Waals surface area contributed by atoms with Gasteiger partial charge in [-0.3, -0.25) is 9.78 Å². The van der Waals surface area contributed by atoms with E-state index in [4.69, 9.17) is 4.74 Å². The summed E-state index contributed by atoms with van der Waals surface area (Å²) in [4.78, 5) is 19.4. The van der Waals surface area contributed by atoms with Crippen LogP contribution in [-0.2, 0) is 16.0 Å². The first kappa shape index (κ1) is 17.3. The molecule has 0 bridgehead atoms. The number of ether oxygens (including phenoxy) is 1. The van der Waals surface area contributed by atoms with Crippen LogP contribution in [0.15, 0.2) is 24.4 Å². The number of nitrogens with one attached hydrogen (secondary N) is 2. The molecule has 1 aromatic heterocycles. The van der Waals surface area contributed by atoms with E-state index in [1.807, 2.05) is 24.4 Å². The molecule has 3 rings (SSSR count). The highest BCUT2D eigenvalue weighted by Crippen LogP contribution is 2.26. The summed E-state index contributed by atoms with van der Waals surface area (Å²) in [5.41, 5.74) is 0.845. The number of morpholine rings is 1. The van der Waals surface area contributed by atoms with Crippen molar-refractivity contribution >= 4 is 5.91 Å². The maximum absolute atomic E-state index is 12.6. The van der Waals surface area contributed by atoms with E-state index in [0.29, 0.717) is 13.0 Å². The average molecular weight is 332 g/mol. The van der Waals surface area contributed by atoms with Gasteiger partial charge in [0.25, 0.3) is 0 Å². The number of piperidine rings is 1. The van der Waals surface area contributed by atoms with E-state index in [1.165, 1.54) is 0 Å². The first-order valence-corrected chi connectivity index (χ1v) is 8.87. The molecule has 0 spiro atoms. The Morgan fingerprint density at radius 1 is 1.46 bits per heavy atom. The Bertz CT molecular complexity index is 523. The fraction of sp³-hybridized carbons (Fsp3) is 0.667. The maximum atomic E-state index is 12.6. The molecule has 1 unspecified atom stereocenters. The Balaban J connectivity index is 1.64. The van der Waals surface area contributed by atoms with Crippen LogP contribution in [0.1, 0.15) is 25.0 Å². The second-order valence-corrected chi connectivity index (χ2v) is 7.03. The number of hydrogen-bond donors (Lipinski definition) is 2. The number of hydrogen-bond acceptors (Lipinski definition) is 5. The number of carbonyl (C=O) groups is 1. The normalized spacial score (nSPS) is 24.5. The number of carbonyl (C=O) groups excluding carboxylic acids is 1. The topological polar surface area (TPSA) is 66.5 Å². The molecule has 0 aromatic carbocycles. The van der Waals surface area contributed by atoms with Gasteiger partial charge < -0.3 is 20.3 Å². The molecule has 1 atom stereocenters. The predicted molar refractivity (Wildman–Crippen MR) is 92.8 cm³/mol. The van der Waals surface area contributed by atoms with Gasteiger partial charge >= 0.3 is 0 Å². The third-order valence-corrected chi connectivity index (χ3v) is 5.01. The maximum Gasteiger partial charge on any atom is 0.223 e. The fourth-order valence-electron chi connectivity index (χ4n) is 3.55. The van der Waals surface area contributed by atoms with Crippen LogP contribution in [0.3, 0.4) is 0 Å². The Hall–Kier alpha value is -1.50. The van der Waals surface area contributed by atoms with Crippen LogP contribution in [0.25, 0.3) is 0 Å². The lowest BCUT2D eigenvalue weighted by Gasteiger charge is -2.41. The van der Waals surface area contributed by atoms with Crippen molar-refractivity contribution in [2.24, 2.45) is 0 Å². The fourth-order valence-corrected chi connectivity index (χ4v) is 3.55. The summed E-state index contributed by atoms with van der Waals surface area (Å²) in [6.07, 6.45) is 4.92. The number of likely N-dealkylation sites (tertiary alicyclic amines) is 1. The Morgan fingerprint density at radius 2 is 2.29 bits per heavy atom. The third-order valence-electron chi connectivity index (χ3n) is 5.01. The van der Waals surface area contributed by atoms with Gasteiger partial charge in [0.15, 0.2) is 0 Å². The summed E-state index contributed by atoms with van der Waals surface area (Å²) >= 11 is 0. The second-order valence-electron chi connectivity index (χ2n) is 7.03. The average Bonchev–Trinajstić information content (AvgIpc) is 2.59. The van der Waals surface area contributed by atoms with Gasteiger partial charge in [0.05, 0.1) is 19.1 Å². The molecule has 1 amide bonds. The third kappa shape index (κ3) is 4.75. The number of rotatable bonds is 5. The lowest BCUT2D eigenvalue weighted by molar-refractivity contribution is -0.127. The van der Waals surface area contributed by atoms with E-state index in [1.54, 1.807) is 0 Å². The zero-order valence-corrected chi connectivity index (χ0v) is 14.5. The van der Waals surface area contributed by atoms with Gasteiger partial charge in [0, 0.05) is 50.0 Å². The van der Waals surface area contributed by atoms with Crippen LogP contribution in [0.5, 0.6) is 0 Å². The van der Waals surface area contributed by atoms with Crippen LogP contribution in [0.4, 0.5) is 0 Å². The van der Waals surface area contributed by atoms with Crippen molar-refractivity contribution in [1.82, 2.24) is 20.5 Å². The largest absolute Gasteiger partial charge is 0.375 e. The highest BCUT2D eigenvalue weighted by molar-refractivity contribution is 5.77. The van der Waals surface area contributed by atoms with Crippen LogP contribution < -0.4 is 10.6 Å². The summed E-state index contributed by atoms with van der Waals surface area (Å²) in [6.45, 7) is 4.29. The molecule has 2 saturated heterocycles. The quantitative estimate of drug-likeness (QED) is 0.826. The minimum atomic E-state index is -0.194. The minimum absolute atomic E-state index is 0.0167. The standard InChI is InChI=1S/C18H28N4O2/c1-22-9-5-18(6-10-22,13-15-4-2-3-7-20-15)21-17(23)12-16-14-19-8-11-24-16/h2-4,7,16,19H,5-6,8-14H2,1H3,(H,21,23). The summed E-state index contributed by atoms with van der Waals surface area (Å²) in [6, 6.07) is 5.98.